The van der Waals surface area contributed by atoms with Crippen LogP contribution in [0.1, 0.15) is 52.5 Å². The van der Waals surface area contributed by atoms with E-state index in [1.165, 1.54) is 25.7 Å². The van der Waals surface area contributed by atoms with Gasteiger partial charge in [-0.1, -0.05) is 12.8 Å². The third kappa shape index (κ3) is 3.73. The second-order valence-electron chi connectivity index (χ2n) is 5.57. The summed E-state index contributed by atoms with van der Waals surface area (Å²) in [6.45, 7) is 7.25. The van der Waals surface area contributed by atoms with Crippen LogP contribution in [0.3, 0.4) is 0 Å². The molecule has 4 heteroatoms. The van der Waals surface area contributed by atoms with Crippen molar-refractivity contribution in [2.75, 3.05) is 6.54 Å². The summed E-state index contributed by atoms with van der Waals surface area (Å²) in [4.78, 5) is 0. The third-order valence-electron chi connectivity index (χ3n) is 3.49. The largest absolute Gasteiger partial charge is 0.486 e. The van der Waals surface area contributed by atoms with Crippen molar-refractivity contribution in [3.63, 3.8) is 0 Å². The first-order chi connectivity index (χ1) is 8.65. The summed E-state index contributed by atoms with van der Waals surface area (Å²) in [5, 5.41) is 7.86. The van der Waals surface area contributed by atoms with Crippen LogP contribution >= 0.6 is 0 Å². The van der Waals surface area contributed by atoms with Crippen molar-refractivity contribution < 1.29 is 4.74 Å². The second-order valence-corrected chi connectivity index (χ2v) is 5.57. The molecule has 0 bridgehead atoms. The van der Waals surface area contributed by atoms with E-state index < -0.39 is 0 Å². The van der Waals surface area contributed by atoms with E-state index in [1.807, 2.05) is 10.9 Å². The lowest BCUT2D eigenvalue weighted by molar-refractivity contribution is 0.211. The first-order valence-electron chi connectivity index (χ1n) is 7.09. The average Bonchev–Trinajstić information content (AvgIpc) is 2.96. The lowest BCUT2D eigenvalue weighted by Crippen LogP contribution is -2.35. The minimum Gasteiger partial charge on any atom is -0.486 e. The Bertz CT molecular complexity index is 356. The lowest BCUT2D eigenvalue weighted by Gasteiger charge is -2.17. The number of nitrogens with zero attached hydrogens (tertiary/aromatic N) is 2. The van der Waals surface area contributed by atoms with Gasteiger partial charge in [0, 0.05) is 18.6 Å². The zero-order chi connectivity index (χ0) is 13.0. The van der Waals surface area contributed by atoms with Gasteiger partial charge in [0.15, 0.2) is 5.75 Å². The number of rotatable bonds is 6. The molecule has 0 spiro atoms. The van der Waals surface area contributed by atoms with E-state index in [-0.39, 0.29) is 6.10 Å². The number of hydrogen-bond donors (Lipinski definition) is 1. The number of hydrogen-bond acceptors (Lipinski definition) is 3. The molecule has 1 aliphatic rings. The highest BCUT2D eigenvalue weighted by molar-refractivity contribution is 5.12. The van der Waals surface area contributed by atoms with Crippen LogP contribution < -0.4 is 10.1 Å². The van der Waals surface area contributed by atoms with Crippen molar-refractivity contribution in [1.82, 2.24) is 15.1 Å². The maximum absolute atomic E-state index is 5.86. The third-order valence-corrected chi connectivity index (χ3v) is 3.49. The van der Waals surface area contributed by atoms with Crippen LogP contribution in [0.5, 0.6) is 5.75 Å². The monoisotopic (exact) mass is 251 g/mol. The van der Waals surface area contributed by atoms with Crippen LogP contribution in [0.15, 0.2) is 12.4 Å². The van der Waals surface area contributed by atoms with Gasteiger partial charge >= 0.3 is 0 Å². The Kier molecular flexibility index (Phi) is 4.64. The van der Waals surface area contributed by atoms with E-state index in [0.717, 1.165) is 12.3 Å². The Morgan fingerprint density at radius 2 is 2.11 bits per heavy atom. The summed E-state index contributed by atoms with van der Waals surface area (Å²) in [6.07, 6.45) is 9.33. The second kappa shape index (κ2) is 6.23. The predicted molar refractivity (Wildman–Crippen MR) is 73.0 cm³/mol. The normalized spacial score (nSPS) is 18.4. The summed E-state index contributed by atoms with van der Waals surface area (Å²) in [5.74, 6) is 0.865. The predicted octanol–water partition coefficient (Wildman–Crippen LogP) is 2.76. The topological polar surface area (TPSA) is 39.1 Å². The summed E-state index contributed by atoms with van der Waals surface area (Å²) in [7, 11) is 0. The van der Waals surface area contributed by atoms with Crippen molar-refractivity contribution in [2.24, 2.45) is 0 Å². The molecule has 1 aromatic heterocycles. The van der Waals surface area contributed by atoms with Crippen LogP contribution in [0.2, 0.25) is 0 Å². The van der Waals surface area contributed by atoms with E-state index >= 15 is 0 Å². The fourth-order valence-corrected chi connectivity index (χ4v) is 2.40. The molecule has 1 saturated carbocycles. The van der Waals surface area contributed by atoms with Crippen LogP contribution in [0.25, 0.3) is 0 Å². The van der Waals surface area contributed by atoms with Gasteiger partial charge in [-0.25, -0.2) is 0 Å². The van der Waals surface area contributed by atoms with Crippen molar-refractivity contribution in [2.45, 2.75) is 64.6 Å². The minimum atomic E-state index is 0.190. The first-order valence-corrected chi connectivity index (χ1v) is 7.09. The molecular weight excluding hydrogens is 226 g/mol. The highest BCUT2D eigenvalue weighted by atomic mass is 16.5. The molecule has 0 aromatic carbocycles. The summed E-state index contributed by atoms with van der Waals surface area (Å²) < 4.78 is 7.78. The highest BCUT2D eigenvalue weighted by Crippen LogP contribution is 2.18. The molecule has 1 aliphatic carbocycles. The van der Waals surface area contributed by atoms with Gasteiger partial charge in [-0.3, -0.25) is 4.68 Å². The Morgan fingerprint density at radius 1 is 1.39 bits per heavy atom. The van der Waals surface area contributed by atoms with Crippen LogP contribution in [0, 0.1) is 0 Å². The number of nitrogens with one attached hydrogen (secondary N) is 1. The van der Waals surface area contributed by atoms with Crippen molar-refractivity contribution >= 4 is 0 Å². The maximum atomic E-state index is 5.86. The Hall–Kier alpha value is -1.03. The standard InChI is InChI=1S/C14H25N3O/c1-11(2)17-10-14(9-16-17)18-12(3)8-15-13-6-4-5-7-13/h9-13,15H,4-8H2,1-3H3. The molecule has 1 heterocycles. The van der Waals surface area contributed by atoms with Gasteiger partial charge < -0.3 is 10.1 Å². The molecule has 102 valence electrons. The maximum Gasteiger partial charge on any atom is 0.157 e. The number of aromatic nitrogens is 2. The zero-order valence-corrected chi connectivity index (χ0v) is 11.7. The fraction of sp³-hybridized carbons (Fsp3) is 0.786. The summed E-state index contributed by atoms with van der Waals surface area (Å²) in [6, 6.07) is 1.09. The van der Waals surface area contributed by atoms with Crippen molar-refractivity contribution in [1.29, 1.82) is 0 Å². The van der Waals surface area contributed by atoms with E-state index in [2.05, 4.69) is 31.2 Å². The minimum absolute atomic E-state index is 0.190. The van der Waals surface area contributed by atoms with Crippen LogP contribution in [-0.4, -0.2) is 28.5 Å². The van der Waals surface area contributed by atoms with Crippen molar-refractivity contribution in [3.05, 3.63) is 12.4 Å². The molecule has 4 nitrogen and oxygen atoms in total. The molecule has 1 N–H and O–H groups in total. The summed E-state index contributed by atoms with van der Waals surface area (Å²) >= 11 is 0. The molecule has 0 saturated heterocycles. The molecule has 2 rings (SSSR count). The Balaban J connectivity index is 1.73. The number of ether oxygens (including phenoxy) is 1. The molecule has 0 radical (unpaired) electrons. The zero-order valence-electron chi connectivity index (χ0n) is 11.7. The van der Waals surface area contributed by atoms with Gasteiger partial charge in [0.2, 0.25) is 0 Å². The van der Waals surface area contributed by atoms with Gasteiger partial charge in [0.25, 0.3) is 0 Å². The van der Waals surface area contributed by atoms with Crippen LogP contribution in [-0.2, 0) is 0 Å². The molecule has 1 unspecified atom stereocenters. The first kappa shape index (κ1) is 13.4. The van der Waals surface area contributed by atoms with E-state index in [4.69, 9.17) is 4.74 Å². The highest BCUT2D eigenvalue weighted by Gasteiger charge is 2.15. The Labute approximate surface area is 110 Å². The molecule has 0 amide bonds. The molecule has 18 heavy (non-hydrogen) atoms. The SMILES string of the molecule is CC(CNC1CCCC1)Oc1cnn(C(C)C)c1. The average molecular weight is 251 g/mol. The lowest BCUT2D eigenvalue weighted by atomic mass is 10.2. The smallest absolute Gasteiger partial charge is 0.157 e. The van der Waals surface area contributed by atoms with Gasteiger partial charge in [-0.05, 0) is 33.6 Å². The van der Waals surface area contributed by atoms with Crippen molar-refractivity contribution in [3.8, 4) is 5.75 Å². The van der Waals surface area contributed by atoms with Gasteiger partial charge in [0.05, 0.1) is 12.4 Å². The van der Waals surface area contributed by atoms with Gasteiger partial charge in [-0.15, -0.1) is 0 Å². The van der Waals surface area contributed by atoms with Crippen LogP contribution in [0.4, 0.5) is 0 Å². The molecule has 1 aromatic rings. The quantitative estimate of drug-likeness (QED) is 0.845. The Morgan fingerprint density at radius 3 is 2.72 bits per heavy atom. The van der Waals surface area contributed by atoms with E-state index in [0.29, 0.717) is 12.1 Å². The van der Waals surface area contributed by atoms with Gasteiger partial charge in [0.1, 0.15) is 6.10 Å². The van der Waals surface area contributed by atoms with E-state index in [9.17, 15) is 0 Å². The fourth-order valence-electron chi connectivity index (χ4n) is 2.40. The summed E-state index contributed by atoms with van der Waals surface area (Å²) in [5.41, 5.74) is 0. The molecule has 1 fully saturated rings. The molecule has 0 aliphatic heterocycles. The molecular formula is C14H25N3O. The molecule has 1 atom stereocenters. The van der Waals surface area contributed by atoms with E-state index in [1.54, 1.807) is 6.20 Å². The van der Waals surface area contributed by atoms with Gasteiger partial charge in [-0.2, -0.15) is 5.10 Å².